The number of hydrogen-bond acceptors (Lipinski definition) is 3. The van der Waals surface area contributed by atoms with Crippen molar-refractivity contribution in [3.8, 4) is 0 Å². The zero-order valence-corrected chi connectivity index (χ0v) is 11.8. The molecular weight excluding hydrogens is 290 g/mol. The first-order valence-corrected chi connectivity index (χ1v) is 6.86. The number of nitrogens with one attached hydrogen (secondary N) is 1. The van der Waals surface area contributed by atoms with E-state index in [2.05, 4.69) is 21.2 Å². The molecule has 5 heteroatoms. The number of rotatable bonds is 3. The minimum absolute atomic E-state index is 0.115. The summed E-state index contributed by atoms with van der Waals surface area (Å²) in [5.74, 6) is 0. The van der Waals surface area contributed by atoms with E-state index in [0.29, 0.717) is 0 Å². The highest BCUT2D eigenvalue weighted by Crippen LogP contribution is 2.28. The summed E-state index contributed by atoms with van der Waals surface area (Å²) >= 11 is 5.04. The van der Waals surface area contributed by atoms with Gasteiger partial charge in [0.1, 0.15) is 0 Å². The van der Waals surface area contributed by atoms with Crippen LogP contribution in [0.5, 0.6) is 0 Å². The molecule has 0 aliphatic rings. The molecule has 16 heavy (non-hydrogen) atoms. The molecule has 0 aromatic heterocycles. The third kappa shape index (κ3) is 4.06. The maximum Gasteiger partial charge on any atom is 0.411 e. The second kappa shape index (κ2) is 6.15. The monoisotopic (exact) mass is 303 g/mol. The topological polar surface area (TPSA) is 38.3 Å². The zero-order chi connectivity index (χ0) is 12.1. The number of amides is 1. The lowest BCUT2D eigenvalue weighted by molar-refractivity contribution is 0.130. The van der Waals surface area contributed by atoms with Gasteiger partial charge in [0, 0.05) is 15.1 Å². The Morgan fingerprint density at radius 2 is 2.19 bits per heavy atom. The first-order valence-electron chi connectivity index (χ1n) is 4.84. The summed E-state index contributed by atoms with van der Waals surface area (Å²) in [4.78, 5) is 12.4. The normalized spacial score (nSPS) is 10.3. The van der Waals surface area contributed by atoms with Gasteiger partial charge in [-0.1, -0.05) is 0 Å². The lowest BCUT2D eigenvalue weighted by atomic mass is 10.3. The van der Waals surface area contributed by atoms with Crippen molar-refractivity contribution in [2.45, 2.75) is 24.8 Å². The van der Waals surface area contributed by atoms with Crippen LogP contribution in [0.1, 0.15) is 13.8 Å². The van der Waals surface area contributed by atoms with Crippen molar-refractivity contribution in [2.24, 2.45) is 0 Å². The van der Waals surface area contributed by atoms with Gasteiger partial charge in [-0.15, -0.1) is 11.8 Å². The molecule has 1 rings (SSSR count). The maximum atomic E-state index is 11.4. The van der Waals surface area contributed by atoms with E-state index >= 15 is 0 Å². The van der Waals surface area contributed by atoms with Crippen LogP contribution in [0.2, 0.25) is 0 Å². The molecule has 3 nitrogen and oxygen atoms in total. The van der Waals surface area contributed by atoms with Gasteiger partial charge in [0.2, 0.25) is 0 Å². The molecule has 0 fully saturated rings. The lowest BCUT2D eigenvalue weighted by Crippen LogP contribution is -2.17. The summed E-state index contributed by atoms with van der Waals surface area (Å²) in [6, 6.07) is 5.62. The fourth-order valence-electron chi connectivity index (χ4n) is 1.10. The van der Waals surface area contributed by atoms with Crippen LogP contribution in [-0.4, -0.2) is 18.5 Å². The van der Waals surface area contributed by atoms with E-state index in [4.69, 9.17) is 4.74 Å². The van der Waals surface area contributed by atoms with Crippen LogP contribution in [-0.2, 0) is 4.74 Å². The van der Waals surface area contributed by atoms with Gasteiger partial charge in [0.25, 0.3) is 0 Å². The summed E-state index contributed by atoms with van der Waals surface area (Å²) in [6.45, 7) is 3.63. The van der Waals surface area contributed by atoms with Crippen LogP contribution in [0, 0.1) is 0 Å². The third-order valence-electron chi connectivity index (χ3n) is 1.74. The number of hydrogen-bond donors (Lipinski definition) is 1. The Kier molecular flexibility index (Phi) is 5.15. The Hall–Kier alpha value is -0.680. The third-order valence-corrected chi connectivity index (χ3v) is 3.47. The van der Waals surface area contributed by atoms with Gasteiger partial charge in [0.15, 0.2) is 0 Å². The quantitative estimate of drug-likeness (QED) is 0.853. The van der Waals surface area contributed by atoms with Crippen LogP contribution in [0.4, 0.5) is 10.5 Å². The van der Waals surface area contributed by atoms with Crippen molar-refractivity contribution in [2.75, 3.05) is 11.6 Å². The second-order valence-electron chi connectivity index (χ2n) is 3.43. The van der Waals surface area contributed by atoms with E-state index in [1.807, 2.05) is 38.3 Å². The molecule has 0 saturated carbocycles. The van der Waals surface area contributed by atoms with E-state index in [1.165, 1.54) is 0 Å². The highest BCUT2D eigenvalue weighted by Gasteiger charge is 2.07. The largest absolute Gasteiger partial charge is 0.447 e. The van der Waals surface area contributed by atoms with Crippen LogP contribution in [0.15, 0.2) is 27.6 Å². The summed E-state index contributed by atoms with van der Waals surface area (Å²) in [5, 5.41) is 2.68. The predicted octanol–water partition coefficient (Wildman–Crippen LogP) is 4.13. The number of thioether (sulfide) groups is 1. The zero-order valence-electron chi connectivity index (χ0n) is 9.41. The fraction of sp³-hybridized carbons (Fsp3) is 0.364. The van der Waals surface area contributed by atoms with Gasteiger partial charge < -0.3 is 4.74 Å². The maximum absolute atomic E-state index is 11.4. The van der Waals surface area contributed by atoms with Crippen LogP contribution < -0.4 is 5.32 Å². The van der Waals surface area contributed by atoms with Gasteiger partial charge in [0.05, 0.1) is 6.10 Å². The molecule has 1 aromatic rings. The number of carbonyl (C=O) groups is 1. The van der Waals surface area contributed by atoms with Gasteiger partial charge in [-0.05, 0) is 54.2 Å². The Bertz CT molecular complexity index is 382. The highest BCUT2D eigenvalue weighted by atomic mass is 79.9. The summed E-state index contributed by atoms with van der Waals surface area (Å²) in [6.07, 6.45) is 1.44. The molecule has 0 atom stereocenters. The van der Waals surface area contributed by atoms with E-state index < -0.39 is 6.09 Å². The van der Waals surface area contributed by atoms with Crippen LogP contribution >= 0.6 is 27.7 Å². The molecule has 0 aliphatic heterocycles. The Labute approximate surface area is 108 Å². The molecule has 0 aliphatic carbocycles. The molecule has 0 heterocycles. The van der Waals surface area contributed by atoms with Crippen molar-refractivity contribution in [1.29, 1.82) is 0 Å². The smallest absolute Gasteiger partial charge is 0.411 e. The summed E-state index contributed by atoms with van der Waals surface area (Å²) in [7, 11) is 0. The molecule has 1 N–H and O–H groups in total. The average molecular weight is 304 g/mol. The molecule has 0 spiro atoms. The molecule has 1 amide bonds. The Morgan fingerprint density at radius 3 is 2.75 bits per heavy atom. The Balaban J connectivity index is 2.71. The van der Waals surface area contributed by atoms with E-state index in [1.54, 1.807) is 11.8 Å². The summed E-state index contributed by atoms with van der Waals surface area (Å²) < 4.78 is 6.01. The molecule has 0 radical (unpaired) electrons. The van der Waals surface area contributed by atoms with Crippen molar-refractivity contribution in [3.05, 3.63) is 22.7 Å². The molecular formula is C11H14BrNO2S. The average Bonchev–Trinajstić information content (AvgIpc) is 2.19. The van der Waals surface area contributed by atoms with Gasteiger partial charge in [-0.25, -0.2) is 4.79 Å². The highest BCUT2D eigenvalue weighted by molar-refractivity contribution is 9.10. The van der Waals surface area contributed by atoms with Crippen molar-refractivity contribution in [3.63, 3.8) is 0 Å². The van der Waals surface area contributed by atoms with Crippen molar-refractivity contribution in [1.82, 2.24) is 0 Å². The SMILES string of the molecule is CSc1cc(NC(=O)OC(C)C)ccc1Br. The number of benzene rings is 1. The van der Waals surface area contributed by atoms with Gasteiger partial charge in [-0.3, -0.25) is 5.32 Å². The van der Waals surface area contributed by atoms with Crippen molar-refractivity contribution < 1.29 is 9.53 Å². The first kappa shape index (κ1) is 13.4. The minimum atomic E-state index is -0.427. The molecule has 0 unspecified atom stereocenters. The standard InChI is InChI=1S/C11H14BrNO2S/c1-7(2)15-11(14)13-8-4-5-9(12)10(6-8)16-3/h4-7H,1-3H3,(H,13,14). The van der Waals surface area contributed by atoms with E-state index in [0.717, 1.165) is 15.1 Å². The fourth-order valence-corrected chi connectivity index (χ4v) is 2.34. The van der Waals surface area contributed by atoms with Gasteiger partial charge in [-0.2, -0.15) is 0 Å². The van der Waals surface area contributed by atoms with Crippen LogP contribution in [0.25, 0.3) is 0 Å². The predicted molar refractivity (Wildman–Crippen MR) is 71.2 cm³/mol. The molecule has 1 aromatic carbocycles. The van der Waals surface area contributed by atoms with E-state index in [9.17, 15) is 4.79 Å². The summed E-state index contributed by atoms with van der Waals surface area (Å²) in [5.41, 5.74) is 0.734. The minimum Gasteiger partial charge on any atom is -0.447 e. The Morgan fingerprint density at radius 1 is 1.50 bits per heavy atom. The first-order chi connectivity index (χ1) is 7.52. The van der Waals surface area contributed by atoms with Crippen molar-refractivity contribution >= 4 is 39.5 Å². The number of anilines is 1. The van der Waals surface area contributed by atoms with Crippen LogP contribution in [0.3, 0.4) is 0 Å². The molecule has 0 saturated heterocycles. The number of halogens is 1. The molecule has 0 bridgehead atoms. The van der Waals surface area contributed by atoms with E-state index in [-0.39, 0.29) is 6.10 Å². The number of carbonyl (C=O) groups excluding carboxylic acids is 1. The lowest BCUT2D eigenvalue weighted by Gasteiger charge is -2.10. The molecule has 88 valence electrons. The second-order valence-corrected chi connectivity index (χ2v) is 5.13. The van der Waals surface area contributed by atoms with Gasteiger partial charge >= 0.3 is 6.09 Å². The number of ether oxygens (including phenoxy) is 1.